The van der Waals surface area contributed by atoms with E-state index in [2.05, 4.69) is 0 Å². The van der Waals surface area contributed by atoms with Crippen LogP contribution in [0.5, 0.6) is 23.0 Å². The summed E-state index contributed by atoms with van der Waals surface area (Å²) < 4.78 is 11.9. The summed E-state index contributed by atoms with van der Waals surface area (Å²) in [4.78, 5) is 22.1. The van der Waals surface area contributed by atoms with Gasteiger partial charge in [0.15, 0.2) is 0 Å². The first-order valence-corrected chi connectivity index (χ1v) is 9.71. The first kappa shape index (κ1) is 20.7. The van der Waals surface area contributed by atoms with Gasteiger partial charge >= 0.3 is 11.9 Å². The second kappa shape index (κ2) is 9.06. The maximum atomic E-state index is 11.1. The number of hydrogen-bond donors (Lipinski definition) is 2. The van der Waals surface area contributed by atoms with Crippen molar-refractivity contribution in [3.8, 4) is 34.1 Å². The molecule has 0 fully saturated rings. The van der Waals surface area contributed by atoms with Gasteiger partial charge in [-0.25, -0.2) is 9.59 Å². The molecule has 6 heteroatoms. The van der Waals surface area contributed by atoms with Crippen LogP contribution in [0.2, 0.25) is 0 Å². The molecule has 2 N–H and O–H groups in total. The summed E-state index contributed by atoms with van der Waals surface area (Å²) >= 11 is 0. The maximum Gasteiger partial charge on any atom is 0.335 e. The third kappa shape index (κ3) is 4.76. The van der Waals surface area contributed by atoms with E-state index in [1.54, 1.807) is 36.4 Å². The number of aromatic carboxylic acids is 2. The molecule has 0 saturated carbocycles. The van der Waals surface area contributed by atoms with Crippen LogP contribution in [0.1, 0.15) is 20.7 Å². The number of rotatable bonds is 7. The molecule has 0 amide bonds. The molecule has 4 aromatic rings. The van der Waals surface area contributed by atoms with Gasteiger partial charge < -0.3 is 19.7 Å². The minimum absolute atomic E-state index is 0.179. The fourth-order valence-electron chi connectivity index (χ4n) is 3.10. The zero-order valence-electron chi connectivity index (χ0n) is 16.8. The van der Waals surface area contributed by atoms with Gasteiger partial charge in [0.1, 0.15) is 23.0 Å². The first-order valence-electron chi connectivity index (χ1n) is 9.71. The van der Waals surface area contributed by atoms with Gasteiger partial charge in [0.25, 0.3) is 0 Å². The second-order valence-corrected chi connectivity index (χ2v) is 6.89. The van der Waals surface area contributed by atoms with Crippen LogP contribution in [-0.4, -0.2) is 22.2 Å². The van der Waals surface area contributed by atoms with Crippen LogP contribution in [0.4, 0.5) is 0 Å². The highest BCUT2D eigenvalue weighted by molar-refractivity contribution is 5.88. The first-order chi connectivity index (χ1) is 15.5. The number of carboxylic acid groups (broad SMARTS) is 2. The van der Waals surface area contributed by atoms with Gasteiger partial charge in [-0.1, -0.05) is 30.3 Å². The monoisotopic (exact) mass is 426 g/mol. The van der Waals surface area contributed by atoms with Crippen molar-refractivity contribution in [2.45, 2.75) is 0 Å². The lowest BCUT2D eigenvalue weighted by Crippen LogP contribution is -1.96. The van der Waals surface area contributed by atoms with Crippen LogP contribution in [0, 0.1) is 0 Å². The zero-order chi connectivity index (χ0) is 22.5. The highest BCUT2D eigenvalue weighted by Gasteiger charge is 2.12. The van der Waals surface area contributed by atoms with Crippen molar-refractivity contribution in [2.24, 2.45) is 0 Å². The van der Waals surface area contributed by atoms with Crippen LogP contribution in [0.15, 0.2) is 97.1 Å². The van der Waals surface area contributed by atoms with Crippen LogP contribution >= 0.6 is 0 Å². The molecule has 0 heterocycles. The van der Waals surface area contributed by atoms with Crippen molar-refractivity contribution in [3.63, 3.8) is 0 Å². The van der Waals surface area contributed by atoms with Gasteiger partial charge in [-0.15, -0.1) is 0 Å². The molecule has 0 radical (unpaired) electrons. The van der Waals surface area contributed by atoms with E-state index in [1.807, 2.05) is 36.4 Å². The van der Waals surface area contributed by atoms with Crippen molar-refractivity contribution in [3.05, 3.63) is 108 Å². The number of hydrogen-bond acceptors (Lipinski definition) is 4. The van der Waals surface area contributed by atoms with Crippen molar-refractivity contribution in [2.75, 3.05) is 0 Å². The molecule has 0 aromatic heterocycles. The number of ether oxygens (including phenoxy) is 2. The average Bonchev–Trinajstić information content (AvgIpc) is 2.81. The molecule has 0 bridgehead atoms. The summed E-state index contributed by atoms with van der Waals surface area (Å²) in [6.45, 7) is 0. The topological polar surface area (TPSA) is 93.1 Å². The molecule has 0 aliphatic carbocycles. The fourth-order valence-corrected chi connectivity index (χ4v) is 3.10. The summed E-state index contributed by atoms with van der Waals surface area (Å²) in [5.41, 5.74) is 2.06. The summed E-state index contributed by atoms with van der Waals surface area (Å²) in [6.07, 6.45) is 0. The van der Waals surface area contributed by atoms with Gasteiger partial charge in [0, 0.05) is 5.56 Å². The van der Waals surface area contributed by atoms with Crippen molar-refractivity contribution in [1.82, 2.24) is 0 Å². The largest absolute Gasteiger partial charge is 0.478 e. The highest BCUT2D eigenvalue weighted by Crippen LogP contribution is 2.37. The zero-order valence-corrected chi connectivity index (χ0v) is 16.8. The Morgan fingerprint density at radius 1 is 0.562 bits per heavy atom. The fraction of sp³-hybridized carbons (Fsp3) is 0. The van der Waals surface area contributed by atoms with E-state index in [0.29, 0.717) is 23.0 Å². The van der Waals surface area contributed by atoms with E-state index in [0.717, 1.165) is 11.1 Å². The third-order valence-corrected chi connectivity index (χ3v) is 4.70. The highest BCUT2D eigenvalue weighted by atomic mass is 16.5. The number of benzene rings is 4. The molecule has 0 saturated heterocycles. The van der Waals surface area contributed by atoms with E-state index in [1.165, 1.54) is 24.3 Å². The normalized spacial score (nSPS) is 10.4. The SMILES string of the molecule is O=C(O)c1ccc(Oc2ccc(Oc3ccc(C(=O)O)cc3)c(-c3ccccc3)c2)cc1. The Labute approximate surface area is 183 Å². The van der Waals surface area contributed by atoms with Crippen molar-refractivity contribution < 1.29 is 29.3 Å². The molecule has 6 nitrogen and oxygen atoms in total. The van der Waals surface area contributed by atoms with Crippen LogP contribution < -0.4 is 9.47 Å². The van der Waals surface area contributed by atoms with E-state index >= 15 is 0 Å². The quantitative estimate of drug-likeness (QED) is 0.358. The summed E-state index contributed by atoms with van der Waals surface area (Å²) in [5.74, 6) is 0.144. The summed E-state index contributed by atoms with van der Waals surface area (Å²) in [5, 5.41) is 18.1. The minimum atomic E-state index is -1.00. The molecule has 0 aliphatic rings. The Morgan fingerprint density at radius 2 is 1.06 bits per heavy atom. The standard InChI is InChI=1S/C26H18O6/c27-25(28)18-6-10-20(11-7-18)31-22-14-15-24(23(16-22)17-4-2-1-3-5-17)32-21-12-8-19(9-13-21)26(29)30/h1-16H,(H,27,28)(H,29,30). The van der Waals surface area contributed by atoms with Crippen molar-refractivity contribution in [1.29, 1.82) is 0 Å². The Hall–Kier alpha value is -4.58. The Balaban J connectivity index is 1.64. The summed E-state index contributed by atoms with van der Waals surface area (Å²) in [6, 6.07) is 27.3. The predicted octanol–water partition coefficient (Wildman–Crippen LogP) is 6.33. The third-order valence-electron chi connectivity index (χ3n) is 4.70. The Kier molecular flexibility index (Phi) is 5.85. The Bertz CT molecular complexity index is 1250. The van der Waals surface area contributed by atoms with Crippen molar-refractivity contribution >= 4 is 11.9 Å². The van der Waals surface area contributed by atoms with E-state index in [4.69, 9.17) is 19.7 Å². The van der Waals surface area contributed by atoms with E-state index in [9.17, 15) is 9.59 Å². The molecule has 0 unspecified atom stereocenters. The Morgan fingerprint density at radius 3 is 1.59 bits per heavy atom. The number of carboxylic acids is 2. The van der Waals surface area contributed by atoms with E-state index in [-0.39, 0.29) is 11.1 Å². The van der Waals surface area contributed by atoms with Gasteiger partial charge in [0.2, 0.25) is 0 Å². The maximum absolute atomic E-state index is 11.1. The van der Waals surface area contributed by atoms with Gasteiger partial charge in [-0.05, 0) is 72.3 Å². The smallest absolute Gasteiger partial charge is 0.335 e. The van der Waals surface area contributed by atoms with Crippen LogP contribution in [0.25, 0.3) is 11.1 Å². The van der Waals surface area contributed by atoms with Gasteiger partial charge in [-0.2, -0.15) is 0 Å². The minimum Gasteiger partial charge on any atom is -0.478 e. The molecule has 158 valence electrons. The predicted molar refractivity (Wildman–Crippen MR) is 119 cm³/mol. The number of carbonyl (C=O) groups is 2. The molecule has 0 aliphatic heterocycles. The lowest BCUT2D eigenvalue weighted by molar-refractivity contribution is 0.0686. The van der Waals surface area contributed by atoms with Gasteiger partial charge in [-0.3, -0.25) is 0 Å². The lowest BCUT2D eigenvalue weighted by Gasteiger charge is -2.14. The van der Waals surface area contributed by atoms with Crippen LogP contribution in [-0.2, 0) is 0 Å². The molecule has 0 atom stereocenters. The molecule has 32 heavy (non-hydrogen) atoms. The second-order valence-electron chi connectivity index (χ2n) is 6.89. The molecular weight excluding hydrogens is 408 g/mol. The molecule has 0 spiro atoms. The molecule has 4 aromatic carbocycles. The molecular formula is C26H18O6. The lowest BCUT2D eigenvalue weighted by atomic mass is 10.0. The van der Waals surface area contributed by atoms with Crippen LogP contribution in [0.3, 0.4) is 0 Å². The van der Waals surface area contributed by atoms with E-state index < -0.39 is 11.9 Å². The van der Waals surface area contributed by atoms with Gasteiger partial charge in [0.05, 0.1) is 11.1 Å². The average molecular weight is 426 g/mol. The summed E-state index contributed by atoms with van der Waals surface area (Å²) in [7, 11) is 0. The molecule has 4 rings (SSSR count).